The molecule has 0 spiro atoms. The Kier molecular flexibility index (Phi) is 5.38. The van der Waals surface area contributed by atoms with Crippen LogP contribution in [0, 0.1) is 11.8 Å². The monoisotopic (exact) mass is 482 g/mol. The lowest BCUT2D eigenvalue weighted by Crippen LogP contribution is -2.61. The molecule has 35 heavy (non-hydrogen) atoms. The average molecular weight is 483 g/mol. The summed E-state index contributed by atoms with van der Waals surface area (Å²) >= 11 is 0. The molecule has 0 radical (unpaired) electrons. The Morgan fingerprint density at radius 1 is 1.03 bits per heavy atom. The number of piperidine rings is 1. The highest BCUT2D eigenvalue weighted by molar-refractivity contribution is 6.14. The summed E-state index contributed by atoms with van der Waals surface area (Å²) in [5, 5.41) is 2.38. The summed E-state index contributed by atoms with van der Waals surface area (Å²) in [7, 11) is 0. The fourth-order valence-corrected chi connectivity index (χ4v) is 5.68. The van der Waals surface area contributed by atoms with Crippen molar-refractivity contribution in [2.24, 2.45) is 11.8 Å². The lowest BCUT2D eigenvalue weighted by atomic mass is 9.79. The minimum absolute atomic E-state index is 0.112. The molecule has 3 fully saturated rings. The van der Waals surface area contributed by atoms with Crippen molar-refractivity contribution in [3.8, 4) is 0 Å². The summed E-state index contributed by atoms with van der Waals surface area (Å²) in [4.78, 5) is 55.6. The second-order valence-corrected chi connectivity index (χ2v) is 11.7. The number of nitrogens with one attached hydrogen (secondary N) is 1. The number of carbonyl (C=O) groups is 4. The van der Waals surface area contributed by atoms with Crippen molar-refractivity contribution in [1.82, 2.24) is 10.2 Å². The van der Waals surface area contributed by atoms with E-state index < -0.39 is 23.0 Å². The average Bonchev–Trinajstić information content (AvgIpc) is 2.88. The molecule has 0 saturated carbocycles. The maximum atomic E-state index is 13.5. The highest BCUT2D eigenvalue weighted by Gasteiger charge is 2.52. The molecule has 1 unspecified atom stereocenters. The van der Waals surface area contributed by atoms with Gasteiger partial charge in [-0.2, -0.15) is 0 Å². The minimum Gasteiger partial charge on any atom is -0.444 e. The molecule has 4 heterocycles. The number of hydrogen-bond donors (Lipinski definition) is 1. The number of rotatable bonds is 3. The van der Waals surface area contributed by atoms with E-state index in [1.807, 2.05) is 52.8 Å². The van der Waals surface area contributed by atoms with Crippen LogP contribution in [0.4, 0.5) is 16.2 Å². The number of benzene rings is 1. The first kappa shape index (κ1) is 23.6. The molecule has 0 bridgehead atoms. The molecule has 4 aliphatic rings. The third-order valence-electron chi connectivity index (χ3n) is 7.66. The first-order valence-electron chi connectivity index (χ1n) is 12.4. The number of amides is 4. The van der Waals surface area contributed by atoms with Crippen molar-refractivity contribution in [1.29, 1.82) is 0 Å². The fraction of sp³-hybridized carbons (Fsp3) is 0.615. The molecule has 3 saturated heterocycles. The Hall–Kier alpha value is -3.10. The summed E-state index contributed by atoms with van der Waals surface area (Å²) in [6.45, 7) is 12.6. The van der Waals surface area contributed by atoms with E-state index >= 15 is 0 Å². The Morgan fingerprint density at radius 2 is 1.66 bits per heavy atom. The molecule has 5 rings (SSSR count). The molecule has 9 heteroatoms. The van der Waals surface area contributed by atoms with Crippen molar-refractivity contribution >= 4 is 35.2 Å². The van der Waals surface area contributed by atoms with Crippen LogP contribution in [-0.2, 0) is 24.5 Å². The van der Waals surface area contributed by atoms with Crippen LogP contribution in [-0.4, -0.2) is 66.5 Å². The van der Waals surface area contributed by atoms with Gasteiger partial charge < -0.3 is 14.5 Å². The van der Waals surface area contributed by atoms with Gasteiger partial charge in [0.25, 0.3) is 0 Å². The van der Waals surface area contributed by atoms with Gasteiger partial charge in [0.2, 0.25) is 17.7 Å². The van der Waals surface area contributed by atoms with Gasteiger partial charge in [0, 0.05) is 55.7 Å². The molecule has 0 aliphatic carbocycles. The molecular weight excluding hydrogens is 448 g/mol. The molecule has 1 N–H and O–H groups in total. The molecule has 1 aromatic rings. The number of anilines is 2. The summed E-state index contributed by atoms with van der Waals surface area (Å²) in [5.41, 5.74) is 1.46. The molecule has 188 valence electrons. The summed E-state index contributed by atoms with van der Waals surface area (Å²) < 4.78 is 5.46. The lowest BCUT2D eigenvalue weighted by molar-refractivity contribution is -0.136. The van der Waals surface area contributed by atoms with Gasteiger partial charge in [-0.3, -0.25) is 24.6 Å². The third kappa shape index (κ3) is 3.94. The zero-order valence-electron chi connectivity index (χ0n) is 21.1. The van der Waals surface area contributed by atoms with Crippen LogP contribution in [0.5, 0.6) is 0 Å². The van der Waals surface area contributed by atoms with Crippen molar-refractivity contribution < 1.29 is 23.9 Å². The van der Waals surface area contributed by atoms with Gasteiger partial charge in [0.05, 0.1) is 11.1 Å². The third-order valence-corrected chi connectivity index (χ3v) is 7.66. The van der Waals surface area contributed by atoms with Crippen LogP contribution in [0.15, 0.2) is 18.2 Å². The molecule has 1 atom stereocenters. The maximum absolute atomic E-state index is 13.5. The van der Waals surface area contributed by atoms with Gasteiger partial charge in [-0.1, -0.05) is 6.07 Å². The van der Waals surface area contributed by atoms with E-state index in [1.165, 1.54) is 0 Å². The molecule has 4 aliphatic heterocycles. The molecule has 0 aromatic heterocycles. The van der Waals surface area contributed by atoms with E-state index in [2.05, 4.69) is 10.2 Å². The zero-order valence-corrected chi connectivity index (χ0v) is 21.1. The van der Waals surface area contributed by atoms with Crippen molar-refractivity contribution in [3.63, 3.8) is 0 Å². The van der Waals surface area contributed by atoms with E-state index in [1.54, 1.807) is 9.80 Å². The predicted octanol–water partition coefficient (Wildman–Crippen LogP) is 2.42. The van der Waals surface area contributed by atoms with Crippen LogP contribution in [0.1, 0.15) is 53.0 Å². The van der Waals surface area contributed by atoms with E-state index in [0.717, 1.165) is 30.0 Å². The van der Waals surface area contributed by atoms with Crippen molar-refractivity contribution in [2.75, 3.05) is 36.0 Å². The quantitative estimate of drug-likeness (QED) is 0.665. The van der Waals surface area contributed by atoms with E-state index in [-0.39, 0.29) is 24.3 Å². The topological polar surface area (TPSA) is 99.3 Å². The van der Waals surface area contributed by atoms with E-state index in [0.29, 0.717) is 31.3 Å². The number of fused-ring (bicyclic) bond motifs is 1. The normalized spacial score (nSPS) is 24.7. The molecule has 1 aromatic carbocycles. The van der Waals surface area contributed by atoms with Crippen molar-refractivity contribution in [3.05, 3.63) is 23.8 Å². The highest BCUT2D eigenvalue weighted by Crippen LogP contribution is 2.49. The summed E-state index contributed by atoms with van der Waals surface area (Å²) in [5.74, 6) is 0.117. The molecular formula is C26H34N4O5. The van der Waals surface area contributed by atoms with Crippen LogP contribution in [0.2, 0.25) is 0 Å². The van der Waals surface area contributed by atoms with Crippen LogP contribution in [0.3, 0.4) is 0 Å². The smallest absolute Gasteiger partial charge is 0.410 e. The highest BCUT2D eigenvalue weighted by atomic mass is 16.6. The number of nitrogens with zero attached hydrogens (tertiary/aromatic N) is 3. The number of imide groups is 1. The first-order chi connectivity index (χ1) is 16.4. The predicted molar refractivity (Wildman–Crippen MR) is 130 cm³/mol. The van der Waals surface area contributed by atoms with Gasteiger partial charge in [-0.25, -0.2) is 4.79 Å². The Morgan fingerprint density at radius 3 is 2.29 bits per heavy atom. The lowest BCUT2D eigenvalue weighted by Gasteiger charge is -2.51. The number of ether oxygens (including phenoxy) is 1. The number of carbonyl (C=O) groups excluding carboxylic acids is 4. The van der Waals surface area contributed by atoms with Crippen LogP contribution in [0.25, 0.3) is 0 Å². The van der Waals surface area contributed by atoms with E-state index in [4.69, 9.17) is 4.74 Å². The van der Waals surface area contributed by atoms with Gasteiger partial charge in [0.15, 0.2) is 0 Å². The van der Waals surface area contributed by atoms with E-state index in [9.17, 15) is 19.2 Å². The van der Waals surface area contributed by atoms with Crippen LogP contribution < -0.4 is 15.1 Å². The van der Waals surface area contributed by atoms with Crippen LogP contribution >= 0.6 is 0 Å². The summed E-state index contributed by atoms with van der Waals surface area (Å²) in [6.07, 6.45) is 0.308. The second-order valence-electron chi connectivity index (χ2n) is 11.7. The number of hydrogen-bond acceptors (Lipinski definition) is 6. The Labute approximate surface area is 205 Å². The van der Waals surface area contributed by atoms with Gasteiger partial charge in [-0.05, 0) is 53.2 Å². The van der Waals surface area contributed by atoms with Gasteiger partial charge >= 0.3 is 6.09 Å². The zero-order chi connectivity index (χ0) is 25.3. The second kappa shape index (κ2) is 7.96. The Bertz CT molecular complexity index is 1100. The Balaban J connectivity index is 1.29. The maximum Gasteiger partial charge on any atom is 0.410 e. The fourth-order valence-electron chi connectivity index (χ4n) is 5.68. The molecule has 4 amide bonds. The first-order valence-corrected chi connectivity index (χ1v) is 12.4. The van der Waals surface area contributed by atoms with Crippen molar-refractivity contribution in [2.45, 2.75) is 64.5 Å². The van der Waals surface area contributed by atoms with Gasteiger partial charge in [0.1, 0.15) is 11.6 Å². The molecule has 9 nitrogen and oxygen atoms in total. The van der Waals surface area contributed by atoms with Gasteiger partial charge in [-0.15, -0.1) is 0 Å². The number of likely N-dealkylation sites (tertiary alicyclic amines) is 1. The minimum atomic E-state index is -0.775. The summed E-state index contributed by atoms with van der Waals surface area (Å²) in [6, 6.07) is 5.21. The standard InChI is InChI=1S/C26H34N4O5/c1-25(2,3)35-24(34)29-13-16(14-29)15-11-28(12-15)17-7-6-8-18-21(17)26(4,5)23(33)30(18)19-9-10-20(31)27-22(19)32/h6-8,15-16,19H,9-14H2,1-5H3,(H,27,31,32). The SMILES string of the molecule is CC(C)(C)OC(=O)N1CC(C2CN(c3cccc4c3C(C)(C)C(=O)N4C3CCC(=O)NC3=O)C2)C1. The largest absolute Gasteiger partial charge is 0.444 e.